The van der Waals surface area contributed by atoms with Gasteiger partial charge in [-0.3, -0.25) is 0 Å². The van der Waals surface area contributed by atoms with Crippen LogP contribution in [0.25, 0.3) is 0 Å². The lowest BCUT2D eigenvalue weighted by molar-refractivity contribution is 0.442. The summed E-state index contributed by atoms with van der Waals surface area (Å²) in [6.07, 6.45) is 2.03. The van der Waals surface area contributed by atoms with Gasteiger partial charge in [-0.15, -0.1) is 0 Å². The second kappa shape index (κ2) is 4.16. The van der Waals surface area contributed by atoms with Crippen LogP contribution in [0.5, 0.6) is 0 Å². The summed E-state index contributed by atoms with van der Waals surface area (Å²) in [4.78, 5) is 0. The first-order chi connectivity index (χ1) is 8.04. The molecule has 1 atom stereocenters. The zero-order valence-electron chi connectivity index (χ0n) is 11.1. The predicted molar refractivity (Wildman–Crippen MR) is 69.7 cm³/mol. The fourth-order valence-corrected chi connectivity index (χ4v) is 2.62. The van der Waals surface area contributed by atoms with Gasteiger partial charge in [-0.25, -0.2) is 0 Å². The van der Waals surface area contributed by atoms with Crippen LogP contribution < -0.4 is 5.32 Å². The molecule has 1 aromatic rings. The lowest BCUT2D eigenvalue weighted by Crippen LogP contribution is -2.26. The van der Waals surface area contributed by atoms with Crippen molar-refractivity contribution in [3.8, 4) is 6.07 Å². The van der Waals surface area contributed by atoms with E-state index in [0.717, 1.165) is 12.8 Å². The number of hydrogen-bond donors (Lipinski definition) is 1. The van der Waals surface area contributed by atoms with E-state index in [0.29, 0.717) is 0 Å². The Labute approximate surface area is 104 Å². The first-order valence-electron chi connectivity index (χ1n) is 6.20. The second-order valence-corrected chi connectivity index (χ2v) is 5.28. The topological polar surface area (TPSA) is 35.8 Å². The van der Waals surface area contributed by atoms with Gasteiger partial charge in [0.15, 0.2) is 0 Å². The zero-order valence-corrected chi connectivity index (χ0v) is 11.1. The summed E-state index contributed by atoms with van der Waals surface area (Å²) in [5, 5.41) is 12.7. The van der Waals surface area contributed by atoms with Crippen LogP contribution in [0.3, 0.4) is 0 Å². The van der Waals surface area contributed by atoms with E-state index in [4.69, 9.17) is 0 Å². The van der Waals surface area contributed by atoms with Gasteiger partial charge in [-0.1, -0.05) is 12.1 Å². The van der Waals surface area contributed by atoms with E-state index in [1.165, 1.54) is 22.3 Å². The van der Waals surface area contributed by atoms with E-state index in [2.05, 4.69) is 44.3 Å². The highest BCUT2D eigenvalue weighted by Crippen LogP contribution is 2.54. The monoisotopic (exact) mass is 228 g/mol. The molecule has 2 nitrogen and oxygen atoms in total. The minimum Gasteiger partial charge on any atom is -0.312 e. The van der Waals surface area contributed by atoms with Crippen molar-refractivity contribution in [3.05, 3.63) is 34.4 Å². The van der Waals surface area contributed by atoms with Crippen molar-refractivity contribution < 1.29 is 0 Å². The molecule has 1 aliphatic rings. The largest absolute Gasteiger partial charge is 0.312 e. The Kier molecular flexibility index (Phi) is 2.97. The first-order valence-corrected chi connectivity index (χ1v) is 6.20. The number of nitrogens with one attached hydrogen (secondary N) is 1. The zero-order chi connectivity index (χ0) is 12.6. The van der Waals surface area contributed by atoms with Gasteiger partial charge >= 0.3 is 0 Å². The molecule has 1 N–H and O–H groups in total. The third-order valence-electron chi connectivity index (χ3n) is 4.05. The van der Waals surface area contributed by atoms with Gasteiger partial charge < -0.3 is 5.32 Å². The average Bonchev–Trinajstić information content (AvgIpc) is 3.07. The fraction of sp³-hybridized carbons (Fsp3) is 0.533. The molecule has 0 amide bonds. The van der Waals surface area contributed by atoms with Gasteiger partial charge in [0.2, 0.25) is 0 Å². The van der Waals surface area contributed by atoms with E-state index in [-0.39, 0.29) is 11.5 Å². The number of rotatable bonds is 3. The maximum Gasteiger partial charge on any atom is 0.0769 e. The quantitative estimate of drug-likeness (QED) is 0.862. The molecule has 1 unspecified atom stereocenters. The summed E-state index contributed by atoms with van der Waals surface area (Å²) < 4.78 is 0. The average molecular weight is 228 g/mol. The first kappa shape index (κ1) is 12.1. The molecule has 1 saturated carbocycles. The molecule has 0 aromatic heterocycles. The number of nitrogens with zero attached hydrogens (tertiary/aromatic N) is 1. The maximum atomic E-state index is 9.34. The molecule has 2 heteroatoms. The minimum atomic E-state index is -0.165. The van der Waals surface area contributed by atoms with Crippen molar-refractivity contribution in [2.45, 2.75) is 39.7 Å². The van der Waals surface area contributed by atoms with Crippen LogP contribution in [0.2, 0.25) is 0 Å². The molecule has 2 rings (SSSR count). The van der Waals surface area contributed by atoms with E-state index in [9.17, 15) is 5.26 Å². The number of hydrogen-bond acceptors (Lipinski definition) is 2. The lowest BCUT2D eigenvalue weighted by Gasteiger charge is -2.24. The summed E-state index contributed by atoms with van der Waals surface area (Å²) in [5.41, 5.74) is 5.03. The van der Waals surface area contributed by atoms with Gasteiger partial charge in [0.05, 0.1) is 17.5 Å². The molecule has 0 saturated heterocycles. The van der Waals surface area contributed by atoms with E-state index in [1.807, 2.05) is 7.05 Å². The van der Waals surface area contributed by atoms with Gasteiger partial charge in [0.1, 0.15) is 0 Å². The minimum absolute atomic E-state index is 0.165. The van der Waals surface area contributed by atoms with Crippen LogP contribution >= 0.6 is 0 Å². The summed E-state index contributed by atoms with van der Waals surface area (Å²) in [5.74, 6) is 0. The number of aryl methyl sites for hydroxylation is 3. The highest BCUT2D eigenvalue weighted by molar-refractivity contribution is 5.41. The molecular formula is C15H20N2. The summed E-state index contributed by atoms with van der Waals surface area (Å²) in [6.45, 7) is 6.41. The lowest BCUT2D eigenvalue weighted by atomic mass is 9.87. The molecule has 1 aliphatic carbocycles. The van der Waals surface area contributed by atoms with Crippen LogP contribution in [0, 0.1) is 37.5 Å². The van der Waals surface area contributed by atoms with Crippen molar-refractivity contribution >= 4 is 0 Å². The van der Waals surface area contributed by atoms with Gasteiger partial charge in [0.25, 0.3) is 0 Å². The fourth-order valence-electron chi connectivity index (χ4n) is 2.62. The van der Waals surface area contributed by atoms with Crippen molar-refractivity contribution in [3.63, 3.8) is 0 Å². The van der Waals surface area contributed by atoms with E-state index in [1.54, 1.807) is 0 Å². The Morgan fingerprint density at radius 3 is 2.24 bits per heavy atom. The van der Waals surface area contributed by atoms with E-state index < -0.39 is 0 Å². The SMILES string of the molecule is CNC(c1cc(C)c(C)cc1C)C1(C#N)CC1. The molecule has 0 bridgehead atoms. The van der Waals surface area contributed by atoms with Crippen molar-refractivity contribution in [1.82, 2.24) is 5.32 Å². The third kappa shape index (κ3) is 1.96. The molecule has 0 radical (unpaired) electrons. The van der Waals surface area contributed by atoms with Gasteiger partial charge in [0, 0.05) is 0 Å². The van der Waals surface area contributed by atoms with E-state index >= 15 is 0 Å². The third-order valence-corrected chi connectivity index (χ3v) is 4.05. The normalized spacial score (nSPS) is 18.5. The molecule has 1 fully saturated rings. The van der Waals surface area contributed by atoms with Gasteiger partial charge in [-0.2, -0.15) is 5.26 Å². The molecule has 0 spiro atoms. The van der Waals surface area contributed by atoms with Crippen LogP contribution in [-0.4, -0.2) is 7.05 Å². The number of nitriles is 1. The summed E-state index contributed by atoms with van der Waals surface area (Å²) in [7, 11) is 1.96. The summed E-state index contributed by atoms with van der Waals surface area (Å²) >= 11 is 0. The van der Waals surface area contributed by atoms with Crippen molar-refractivity contribution in [2.75, 3.05) is 7.05 Å². The van der Waals surface area contributed by atoms with Crippen LogP contribution in [0.1, 0.15) is 41.1 Å². The van der Waals surface area contributed by atoms with Crippen LogP contribution in [-0.2, 0) is 0 Å². The molecule has 90 valence electrons. The Bertz CT molecular complexity index is 478. The standard InChI is InChI=1S/C15H20N2/c1-10-7-12(3)13(8-11(10)2)14(17-4)15(9-16)5-6-15/h7-8,14,17H,5-6H2,1-4H3. The maximum absolute atomic E-state index is 9.34. The molecule has 0 aliphatic heterocycles. The second-order valence-electron chi connectivity index (χ2n) is 5.28. The smallest absolute Gasteiger partial charge is 0.0769 e. The predicted octanol–water partition coefficient (Wildman–Crippen LogP) is 3.18. The summed E-state index contributed by atoms with van der Waals surface area (Å²) in [6, 6.07) is 7.14. The highest BCUT2D eigenvalue weighted by Gasteiger charge is 2.50. The van der Waals surface area contributed by atoms with Crippen LogP contribution in [0.15, 0.2) is 12.1 Å². The Morgan fingerprint density at radius 2 is 1.76 bits per heavy atom. The molecular weight excluding hydrogens is 208 g/mol. The van der Waals surface area contributed by atoms with Gasteiger partial charge in [-0.05, 0) is 62.9 Å². The van der Waals surface area contributed by atoms with Crippen LogP contribution in [0.4, 0.5) is 0 Å². The molecule has 1 aromatic carbocycles. The van der Waals surface area contributed by atoms with Crippen molar-refractivity contribution in [2.24, 2.45) is 5.41 Å². The highest BCUT2D eigenvalue weighted by atomic mass is 14.9. The molecule has 17 heavy (non-hydrogen) atoms. The Hall–Kier alpha value is -1.33. The number of benzene rings is 1. The Morgan fingerprint density at radius 1 is 1.18 bits per heavy atom. The Balaban J connectivity index is 2.45. The molecule has 0 heterocycles. The van der Waals surface area contributed by atoms with Crippen molar-refractivity contribution in [1.29, 1.82) is 5.26 Å².